The molecule has 0 aliphatic heterocycles. The molecule has 0 spiro atoms. The SMILES string of the molecule is CC(C)c1ccc2ncc(C(F)(F)F)n2c1. The lowest BCUT2D eigenvalue weighted by Crippen LogP contribution is -2.09. The van der Waals surface area contributed by atoms with E-state index in [1.165, 1.54) is 6.20 Å². The fourth-order valence-electron chi connectivity index (χ4n) is 1.55. The van der Waals surface area contributed by atoms with E-state index in [9.17, 15) is 13.2 Å². The molecule has 0 amide bonds. The highest BCUT2D eigenvalue weighted by Gasteiger charge is 2.34. The third-order valence-corrected chi connectivity index (χ3v) is 2.49. The Labute approximate surface area is 90.7 Å². The van der Waals surface area contributed by atoms with Crippen LogP contribution in [0.15, 0.2) is 24.5 Å². The summed E-state index contributed by atoms with van der Waals surface area (Å²) in [5.74, 6) is 0.188. The number of hydrogen-bond donors (Lipinski definition) is 0. The molecule has 0 fully saturated rings. The second-order valence-corrected chi connectivity index (χ2v) is 3.99. The minimum Gasteiger partial charge on any atom is -0.296 e. The summed E-state index contributed by atoms with van der Waals surface area (Å²) < 4.78 is 39.0. The van der Waals surface area contributed by atoms with Crippen molar-refractivity contribution in [1.29, 1.82) is 0 Å². The molecule has 5 heteroatoms. The van der Waals surface area contributed by atoms with E-state index >= 15 is 0 Å². The van der Waals surface area contributed by atoms with Gasteiger partial charge in [-0.3, -0.25) is 4.40 Å². The van der Waals surface area contributed by atoms with Gasteiger partial charge in [-0.2, -0.15) is 13.2 Å². The fraction of sp³-hybridized carbons (Fsp3) is 0.364. The Morgan fingerprint density at radius 1 is 1.25 bits per heavy atom. The Balaban J connectivity index is 2.65. The zero-order valence-corrected chi connectivity index (χ0v) is 8.92. The molecule has 0 aliphatic rings. The molecule has 0 unspecified atom stereocenters. The molecule has 0 saturated carbocycles. The van der Waals surface area contributed by atoms with Gasteiger partial charge in [-0.1, -0.05) is 19.9 Å². The topological polar surface area (TPSA) is 17.3 Å². The van der Waals surface area contributed by atoms with E-state index in [1.54, 1.807) is 12.1 Å². The number of hydrogen-bond acceptors (Lipinski definition) is 1. The van der Waals surface area contributed by atoms with Gasteiger partial charge in [0, 0.05) is 6.20 Å². The summed E-state index contributed by atoms with van der Waals surface area (Å²) in [6.45, 7) is 3.87. The number of halogens is 3. The number of rotatable bonds is 1. The summed E-state index contributed by atoms with van der Waals surface area (Å²) in [5.41, 5.74) is 0.442. The third kappa shape index (κ3) is 1.77. The van der Waals surface area contributed by atoms with Crippen LogP contribution in [-0.4, -0.2) is 9.38 Å². The molecule has 0 atom stereocenters. The Morgan fingerprint density at radius 2 is 1.94 bits per heavy atom. The van der Waals surface area contributed by atoms with E-state index in [0.717, 1.165) is 16.2 Å². The number of aromatic nitrogens is 2. The minimum atomic E-state index is -4.37. The van der Waals surface area contributed by atoms with Crippen molar-refractivity contribution in [3.05, 3.63) is 35.8 Å². The van der Waals surface area contributed by atoms with Crippen LogP contribution in [0.2, 0.25) is 0 Å². The number of nitrogens with zero attached hydrogens (tertiary/aromatic N) is 2. The second kappa shape index (κ2) is 3.50. The first-order valence-corrected chi connectivity index (χ1v) is 4.94. The summed E-state index contributed by atoms with van der Waals surface area (Å²) >= 11 is 0. The molecule has 2 rings (SSSR count). The van der Waals surface area contributed by atoms with Crippen LogP contribution in [0.1, 0.15) is 31.0 Å². The van der Waals surface area contributed by atoms with Crippen LogP contribution in [0.4, 0.5) is 13.2 Å². The van der Waals surface area contributed by atoms with Gasteiger partial charge in [-0.05, 0) is 17.5 Å². The smallest absolute Gasteiger partial charge is 0.296 e. The van der Waals surface area contributed by atoms with Crippen molar-refractivity contribution in [3.8, 4) is 0 Å². The first kappa shape index (κ1) is 11.0. The van der Waals surface area contributed by atoms with Crippen LogP contribution in [-0.2, 0) is 6.18 Å². The summed E-state index contributed by atoms with van der Waals surface area (Å²) in [7, 11) is 0. The first-order valence-electron chi connectivity index (χ1n) is 4.94. The van der Waals surface area contributed by atoms with E-state index in [2.05, 4.69) is 4.98 Å². The van der Waals surface area contributed by atoms with E-state index in [4.69, 9.17) is 0 Å². The highest BCUT2D eigenvalue weighted by Crippen LogP contribution is 2.30. The summed E-state index contributed by atoms with van der Waals surface area (Å²) in [5, 5.41) is 0. The molecule has 0 N–H and O–H groups in total. The first-order chi connectivity index (χ1) is 7.39. The van der Waals surface area contributed by atoms with Crippen molar-refractivity contribution < 1.29 is 13.2 Å². The molecule has 0 bridgehead atoms. The van der Waals surface area contributed by atoms with E-state index in [1.807, 2.05) is 13.8 Å². The maximum atomic E-state index is 12.6. The van der Waals surface area contributed by atoms with Crippen molar-refractivity contribution in [2.45, 2.75) is 25.9 Å². The van der Waals surface area contributed by atoms with E-state index < -0.39 is 11.9 Å². The molecule has 2 aromatic rings. The normalized spacial score (nSPS) is 12.6. The number of fused-ring (bicyclic) bond motifs is 1. The molecule has 2 heterocycles. The van der Waals surface area contributed by atoms with Crippen molar-refractivity contribution >= 4 is 5.65 Å². The molecule has 0 aliphatic carbocycles. The van der Waals surface area contributed by atoms with Crippen molar-refractivity contribution in [1.82, 2.24) is 9.38 Å². The van der Waals surface area contributed by atoms with Crippen molar-refractivity contribution in [2.24, 2.45) is 0 Å². The Hall–Kier alpha value is -1.52. The van der Waals surface area contributed by atoms with Crippen LogP contribution in [0.3, 0.4) is 0 Å². The predicted octanol–water partition coefficient (Wildman–Crippen LogP) is 3.48. The number of alkyl halides is 3. The molecule has 0 radical (unpaired) electrons. The molecular formula is C11H11F3N2. The van der Waals surface area contributed by atoms with Crippen molar-refractivity contribution in [3.63, 3.8) is 0 Å². The van der Waals surface area contributed by atoms with Crippen LogP contribution in [0, 0.1) is 0 Å². The predicted molar refractivity (Wildman–Crippen MR) is 54.3 cm³/mol. The fourth-order valence-corrected chi connectivity index (χ4v) is 1.55. The molecule has 16 heavy (non-hydrogen) atoms. The molecule has 0 saturated heterocycles. The average molecular weight is 228 g/mol. The Bertz CT molecular complexity index is 511. The van der Waals surface area contributed by atoms with Crippen LogP contribution >= 0.6 is 0 Å². The van der Waals surface area contributed by atoms with Gasteiger partial charge in [-0.15, -0.1) is 0 Å². The minimum absolute atomic E-state index is 0.188. The van der Waals surface area contributed by atoms with Gasteiger partial charge in [0.2, 0.25) is 0 Å². The summed E-state index contributed by atoms with van der Waals surface area (Å²) in [4.78, 5) is 3.73. The summed E-state index contributed by atoms with van der Waals surface area (Å²) in [6, 6.07) is 3.40. The highest BCUT2D eigenvalue weighted by molar-refractivity contribution is 5.43. The van der Waals surface area contributed by atoms with Gasteiger partial charge in [0.15, 0.2) is 0 Å². The van der Waals surface area contributed by atoms with Crippen LogP contribution in [0.5, 0.6) is 0 Å². The van der Waals surface area contributed by atoms with Gasteiger partial charge < -0.3 is 0 Å². The second-order valence-electron chi connectivity index (χ2n) is 3.99. The molecule has 0 aromatic carbocycles. The number of imidazole rings is 1. The van der Waals surface area contributed by atoms with E-state index in [0.29, 0.717) is 5.65 Å². The largest absolute Gasteiger partial charge is 0.433 e. The van der Waals surface area contributed by atoms with Gasteiger partial charge in [0.05, 0.1) is 6.20 Å². The lowest BCUT2D eigenvalue weighted by Gasteiger charge is -2.09. The summed E-state index contributed by atoms with van der Waals surface area (Å²) in [6.07, 6.45) is -2.01. The molecule has 86 valence electrons. The molecular weight excluding hydrogens is 217 g/mol. The molecule has 2 nitrogen and oxygen atoms in total. The van der Waals surface area contributed by atoms with Crippen molar-refractivity contribution in [2.75, 3.05) is 0 Å². The lowest BCUT2D eigenvalue weighted by atomic mass is 10.1. The van der Waals surface area contributed by atoms with E-state index in [-0.39, 0.29) is 5.92 Å². The Morgan fingerprint density at radius 3 is 2.50 bits per heavy atom. The van der Waals surface area contributed by atoms with Gasteiger partial charge in [0.1, 0.15) is 11.3 Å². The zero-order valence-electron chi connectivity index (χ0n) is 8.92. The lowest BCUT2D eigenvalue weighted by molar-refractivity contribution is -0.141. The average Bonchev–Trinajstić information content (AvgIpc) is 2.58. The monoisotopic (exact) mass is 228 g/mol. The highest BCUT2D eigenvalue weighted by atomic mass is 19.4. The Kier molecular flexibility index (Phi) is 2.40. The standard InChI is InChI=1S/C11H11F3N2/c1-7(2)8-3-4-10-15-5-9(11(12,13)14)16(10)6-8/h3-7H,1-2H3. The van der Waals surface area contributed by atoms with Gasteiger partial charge in [0.25, 0.3) is 0 Å². The van der Waals surface area contributed by atoms with Crippen LogP contribution < -0.4 is 0 Å². The van der Waals surface area contributed by atoms with Gasteiger partial charge in [-0.25, -0.2) is 4.98 Å². The molecule has 2 aromatic heterocycles. The maximum absolute atomic E-state index is 12.6. The van der Waals surface area contributed by atoms with Gasteiger partial charge >= 0.3 is 6.18 Å². The van der Waals surface area contributed by atoms with Crippen LogP contribution in [0.25, 0.3) is 5.65 Å². The zero-order chi connectivity index (χ0) is 11.9. The maximum Gasteiger partial charge on any atom is 0.433 e. The number of pyridine rings is 1. The quantitative estimate of drug-likeness (QED) is 0.730. The third-order valence-electron chi connectivity index (χ3n) is 2.49.